The van der Waals surface area contributed by atoms with Gasteiger partial charge in [-0.15, -0.1) is 0 Å². The Bertz CT molecular complexity index is 141. The average molecular weight is 136 g/mol. The van der Waals surface area contributed by atoms with E-state index in [1.165, 1.54) is 25.7 Å². The molecule has 0 amide bonds. The highest BCUT2D eigenvalue weighted by atomic mass is 14.2. The molecule has 1 aliphatic carbocycles. The van der Waals surface area contributed by atoms with E-state index < -0.39 is 0 Å². The smallest absolute Gasteiger partial charge is 0.0239 e. The van der Waals surface area contributed by atoms with Crippen LogP contribution in [0.15, 0.2) is 23.3 Å². The first-order valence-electron chi connectivity index (χ1n) is 4.27. The van der Waals surface area contributed by atoms with Crippen LogP contribution in [0, 0.1) is 0 Å². The van der Waals surface area contributed by atoms with Crippen LogP contribution < -0.4 is 0 Å². The van der Waals surface area contributed by atoms with Gasteiger partial charge in [-0.25, -0.2) is 0 Å². The summed E-state index contributed by atoms with van der Waals surface area (Å²) in [4.78, 5) is 0. The Morgan fingerprint density at radius 3 is 1.60 bits per heavy atom. The molecule has 1 rings (SSSR count). The lowest BCUT2D eigenvalue weighted by atomic mass is 9.84. The lowest BCUT2D eigenvalue weighted by Crippen LogP contribution is -2.02. The minimum absolute atomic E-state index is 1.19. The molecule has 0 radical (unpaired) electrons. The van der Waals surface area contributed by atoms with Gasteiger partial charge in [-0.05, 0) is 36.8 Å². The van der Waals surface area contributed by atoms with E-state index in [0.717, 1.165) is 0 Å². The lowest BCUT2D eigenvalue weighted by Gasteiger charge is -2.21. The minimum atomic E-state index is 1.19. The third kappa shape index (κ3) is 1.50. The summed E-state index contributed by atoms with van der Waals surface area (Å²) in [5, 5.41) is 0. The van der Waals surface area contributed by atoms with Gasteiger partial charge < -0.3 is 0 Å². The van der Waals surface area contributed by atoms with Gasteiger partial charge in [0.2, 0.25) is 0 Å². The monoisotopic (exact) mass is 136 g/mol. The average Bonchev–Trinajstić information content (AvgIpc) is 1.93. The maximum atomic E-state index is 2.35. The largest absolute Gasteiger partial charge is 0.0813 e. The first-order valence-corrected chi connectivity index (χ1v) is 4.27. The Morgan fingerprint density at radius 2 is 1.40 bits per heavy atom. The second-order valence-electron chi connectivity index (χ2n) is 2.78. The Kier molecular flexibility index (Phi) is 2.73. The fraction of sp³-hybridized carbons (Fsp3) is 0.600. The van der Waals surface area contributed by atoms with Crippen molar-refractivity contribution in [3.8, 4) is 0 Å². The van der Waals surface area contributed by atoms with E-state index in [-0.39, 0.29) is 0 Å². The highest BCUT2D eigenvalue weighted by Crippen LogP contribution is 2.32. The molecule has 56 valence electrons. The van der Waals surface area contributed by atoms with Gasteiger partial charge in [0.25, 0.3) is 0 Å². The van der Waals surface area contributed by atoms with Crippen LogP contribution in [0.1, 0.15) is 39.5 Å². The van der Waals surface area contributed by atoms with E-state index in [1.54, 1.807) is 11.1 Å². The molecule has 0 unspecified atom stereocenters. The van der Waals surface area contributed by atoms with Crippen molar-refractivity contribution >= 4 is 0 Å². The van der Waals surface area contributed by atoms with Gasteiger partial charge in [-0.1, -0.05) is 26.0 Å². The third-order valence-electron chi connectivity index (χ3n) is 1.98. The fourth-order valence-electron chi connectivity index (χ4n) is 1.37. The van der Waals surface area contributed by atoms with E-state index >= 15 is 0 Å². The topological polar surface area (TPSA) is 0 Å². The summed E-state index contributed by atoms with van der Waals surface area (Å²) >= 11 is 0. The van der Waals surface area contributed by atoms with Gasteiger partial charge in [0.15, 0.2) is 0 Å². The zero-order valence-electron chi connectivity index (χ0n) is 6.98. The zero-order valence-corrected chi connectivity index (χ0v) is 6.98. The van der Waals surface area contributed by atoms with E-state index in [4.69, 9.17) is 0 Å². The Labute approximate surface area is 63.6 Å². The van der Waals surface area contributed by atoms with Crippen molar-refractivity contribution < 1.29 is 0 Å². The SMILES string of the molecule is CC/C=C1/CC/C1=C\CC. The van der Waals surface area contributed by atoms with Crippen molar-refractivity contribution in [3.63, 3.8) is 0 Å². The molecule has 10 heavy (non-hydrogen) atoms. The highest BCUT2D eigenvalue weighted by molar-refractivity contribution is 5.39. The quantitative estimate of drug-likeness (QED) is 0.545. The molecule has 0 spiro atoms. The standard InChI is InChI=1S/C10H16/c1-3-5-9-7-8-10(9)6-4-2/h5-6H,3-4,7-8H2,1-2H3/b9-5-,10-6+. The summed E-state index contributed by atoms with van der Waals surface area (Å²) in [6.45, 7) is 4.41. The van der Waals surface area contributed by atoms with Crippen molar-refractivity contribution in [2.24, 2.45) is 0 Å². The van der Waals surface area contributed by atoms with E-state index in [9.17, 15) is 0 Å². The second-order valence-corrected chi connectivity index (χ2v) is 2.78. The predicted molar refractivity (Wildman–Crippen MR) is 46.0 cm³/mol. The molecule has 0 bridgehead atoms. The molecule has 0 aliphatic heterocycles. The summed E-state index contributed by atoms with van der Waals surface area (Å²) < 4.78 is 0. The van der Waals surface area contributed by atoms with Crippen molar-refractivity contribution in [2.45, 2.75) is 39.5 Å². The second kappa shape index (κ2) is 3.60. The molecule has 0 aromatic carbocycles. The number of hydrogen-bond acceptors (Lipinski definition) is 0. The molecule has 0 heteroatoms. The summed E-state index contributed by atoms with van der Waals surface area (Å²) in [5.41, 5.74) is 3.20. The van der Waals surface area contributed by atoms with E-state index in [0.29, 0.717) is 0 Å². The van der Waals surface area contributed by atoms with E-state index in [1.807, 2.05) is 0 Å². The molecule has 1 saturated carbocycles. The number of allylic oxidation sites excluding steroid dienone is 4. The number of hydrogen-bond donors (Lipinski definition) is 0. The first-order chi connectivity index (χ1) is 4.88. The molecular weight excluding hydrogens is 120 g/mol. The van der Waals surface area contributed by atoms with Gasteiger partial charge in [0.1, 0.15) is 0 Å². The van der Waals surface area contributed by atoms with Gasteiger partial charge in [-0.2, -0.15) is 0 Å². The summed E-state index contributed by atoms with van der Waals surface area (Å²) in [6, 6.07) is 0. The summed E-state index contributed by atoms with van der Waals surface area (Å²) in [7, 11) is 0. The van der Waals surface area contributed by atoms with Gasteiger partial charge in [0.05, 0.1) is 0 Å². The van der Waals surface area contributed by atoms with Crippen molar-refractivity contribution in [2.75, 3.05) is 0 Å². The Hall–Kier alpha value is -0.520. The Morgan fingerprint density at radius 1 is 1.00 bits per heavy atom. The molecule has 0 aromatic rings. The van der Waals surface area contributed by atoms with Gasteiger partial charge in [0, 0.05) is 0 Å². The maximum absolute atomic E-state index is 2.35. The van der Waals surface area contributed by atoms with Gasteiger partial charge in [-0.3, -0.25) is 0 Å². The third-order valence-corrected chi connectivity index (χ3v) is 1.98. The van der Waals surface area contributed by atoms with Crippen LogP contribution in [0.3, 0.4) is 0 Å². The maximum Gasteiger partial charge on any atom is -0.0239 e. The lowest BCUT2D eigenvalue weighted by molar-refractivity contribution is 0.806. The van der Waals surface area contributed by atoms with Crippen LogP contribution in [0.25, 0.3) is 0 Å². The van der Waals surface area contributed by atoms with Crippen LogP contribution in [0.4, 0.5) is 0 Å². The van der Waals surface area contributed by atoms with Crippen molar-refractivity contribution in [3.05, 3.63) is 23.3 Å². The van der Waals surface area contributed by atoms with Crippen molar-refractivity contribution in [1.82, 2.24) is 0 Å². The highest BCUT2D eigenvalue weighted by Gasteiger charge is 2.13. The molecule has 0 aromatic heterocycles. The molecule has 1 aliphatic rings. The van der Waals surface area contributed by atoms with Gasteiger partial charge >= 0.3 is 0 Å². The molecule has 0 N–H and O–H groups in total. The van der Waals surface area contributed by atoms with Crippen LogP contribution >= 0.6 is 0 Å². The molecule has 0 atom stereocenters. The van der Waals surface area contributed by atoms with Crippen LogP contribution in [-0.4, -0.2) is 0 Å². The Balaban J connectivity index is 2.50. The van der Waals surface area contributed by atoms with Crippen LogP contribution in [-0.2, 0) is 0 Å². The normalized spacial score (nSPS) is 25.4. The van der Waals surface area contributed by atoms with Crippen LogP contribution in [0.2, 0.25) is 0 Å². The summed E-state index contributed by atoms with van der Waals surface area (Å²) in [6.07, 6.45) is 9.72. The minimum Gasteiger partial charge on any atom is -0.0813 e. The molecule has 0 saturated heterocycles. The molecule has 0 nitrogen and oxygen atoms in total. The first kappa shape index (κ1) is 7.59. The summed E-state index contributed by atoms with van der Waals surface area (Å²) in [5.74, 6) is 0. The van der Waals surface area contributed by atoms with E-state index in [2.05, 4.69) is 26.0 Å². The van der Waals surface area contributed by atoms with Crippen LogP contribution in [0.5, 0.6) is 0 Å². The molecular formula is C10H16. The fourth-order valence-corrected chi connectivity index (χ4v) is 1.37. The zero-order chi connectivity index (χ0) is 7.40. The molecule has 1 fully saturated rings. The number of rotatable bonds is 2. The predicted octanol–water partition coefficient (Wildman–Crippen LogP) is 3.45. The molecule has 0 heterocycles. The van der Waals surface area contributed by atoms with Crippen molar-refractivity contribution in [1.29, 1.82) is 0 Å².